The highest BCUT2D eigenvalue weighted by molar-refractivity contribution is 6.04. The Kier molecular flexibility index (Phi) is 6.60. The molecule has 2 aliphatic heterocycles. The molecule has 6 nitrogen and oxygen atoms in total. The first-order chi connectivity index (χ1) is 18.0. The van der Waals surface area contributed by atoms with Gasteiger partial charge in [0, 0.05) is 30.5 Å². The molecule has 1 aromatic heterocycles. The largest absolute Gasteiger partial charge is 0.436 e. The smallest absolute Gasteiger partial charge is 0.393 e. The summed E-state index contributed by atoms with van der Waals surface area (Å²) < 4.78 is 74.5. The van der Waals surface area contributed by atoms with Gasteiger partial charge in [0.1, 0.15) is 0 Å². The Balaban J connectivity index is 1.46. The maximum Gasteiger partial charge on any atom is 0.436 e. The van der Waals surface area contributed by atoms with Crippen LogP contribution in [-0.4, -0.2) is 54.1 Å². The van der Waals surface area contributed by atoms with Gasteiger partial charge in [0.25, 0.3) is 5.91 Å². The summed E-state index contributed by atoms with van der Waals surface area (Å²) in [6.45, 7) is 2.27. The van der Waals surface area contributed by atoms with E-state index in [2.05, 4.69) is 10.3 Å². The van der Waals surface area contributed by atoms with Gasteiger partial charge in [-0.1, -0.05) is 18.2 Å². The summed E-state index contributed by atoms with van der Waals surface area (Å²) in [5, 5.41) is 12.2. The number of aryl methyl sites for hydroxylation is 1. The molecule has 0 spiro atoms. The number of aliphatic hydroxyl groups is 1. The minimum Gasteiger partial charge on any atom is -0.393 e. The van der Waals surface area contributed by atoms with Crippen LogP contribution in [0.4, 0.5) is 33.3 Å². The van der Waals surface area contributed by atoms with Gasteiger partial charge in [0.2, 0.25) is 0 Å². The van der Waals surface area contributed by atoms with E-state index < -0.39 is 47.5 Å². The van der Waals surface area contributed by atoms with Crippen LogP contribution in [0, 0.1) is 12.7 Å². The molecule has 200 valence electrons. The minimum absolute atomic E-state index is 0.0378. The maximum absolute atomic E-state index is 15.5. The molecule has 2 N–H and O–H groups in total. The molecule has 1 amide bonds. The number of morpholine rings is 1. The topological polar surface area (TPSA) is 74.7 Å². The molecule has 0 saturated carbocycles. The Hall–Kier alpha value is -3.57. The van der Waals surface area contributed by atoms with Crippen molar-refractivity contribution >= 4 is 17.3 Å². The molecule has 2 aliphatic rings. The number of hydrogen-bond acceptors (Lipinski definition) is 5. The van der Waals surface area contributed by atoms with Crippen molar-refractivity contribution in [3.63, 3.8) is 0 Å². The van der Waals surface area contributed by atoms with Crippen molar-refractivity contribution in [1.82, 2.24) is 4.98 Å². The molecule has 2 atom stereocenters. The Labute approximate surface area is 215 Å². The predicted molar refractivity (Wildman–Crippen MR) is 130 cm³/mol. The summed E-state index contributed by atoms with van der Waals surface area (Å²) in [4.78, 5) is 17.6. The second-order valence-electron chi connectivity index (χ2n) is 9.50. The molecule has 1 saturated heterocycles. The fourth-order valence-electron chi connectivity index (χ4n) is 5.09. The number of carbonyl (C=O) groups is 1. The number of fused-ring (bicyclic) bond motifs is 3. The van der Waals surface area contributed by atoms with Gasteiger partial charge in [0.15, 0.2) is 17.2 Å². The average molecular weight is 533 g/mol. The zero-order valence-corrected chi connectivity index (χ0v) is 20.3. The van der Waals surface area contributed by atoms with Gasteiger partial charge in [-0.3, -0.25) is 4.79 Å². The van der Waals surface area contributed by atoms with Crippen LogP contribution in [-0.2, 0) is 17.3 Å². The van der Waals surface area contributed by atoms with Crippen molar-refractivity contribution in [3.05, 3.63) is 76.9 Å². The van der Waals surface area contributed by atoms with E-state index >= 15 is 4.39 Å². The van der Waals surface area contributed by atoms with E-state index in [4.69, 9.17) is 4.74 Å². The summed E-state index contributed by atoms with van der Waals surface area (Å²) in [6.07, 6.45) is -4.27. The summed E-state index contributed by atoms with van der Waals surface area (Å²) in [7, 11) is 0. The molecule has 5 rings (SSSR count). The number of ether oxygens (including phenoxy) is 1. The molecule has 1 fully saturated rings. The summed E-state index contributed by atoms with van der Waals surface area (Å²) in [5.74, 6) is -2.79. The van der Waals surface area contributed by atoms with Gasteiger partial charge >= 0.3 is 6.18 Å². The first kappa shape index (κ1) is 26.1. The van der Waals surface area contributed by atoms with Gasteiger partial charge in [-0.25, -0.2) is 13.8 Å². The Morgan fingerprint density at radius 3 is 2.76 bits per heavy atom. The lowest BCUT2D eigenvalue weighted by Gasteiger charge is -2.48. The number of alkyl halides is 4. The van der Waals surface area contributed by atoms with Gasteiger partial charge in [-0.05, 0) is 53.4 Å². The van der Waals surface area contributed by atoms with Gasteiger partial charge in [0.05, 0.1) is 31.4 Å². The lowest BCUT2D eigenvalue weighted by atomic mass is 9.82. The third kappa shape index (κ3) is 4.60. The summed E-state index contributed by atoms with van der Waals surface area (Å²) in [6, 6.07) is 10.7. The number of anilines is 2. The number of rotatable bonds is 4. The second-order valence-corrected chi connectivity index (χ2v) is 9.50. The minimum atomic E-state index is -5.04. The summed E-state index contributed by atoms with van der Waals surface area (Å²) in [5.41, 5.74) is -0.197. The van der Waals surface area contributed by atoms with Crippen molar-refractivity contribution in [2.45, 2.75) is 31.2 Å². The van der Waals surface area contributed by atoms with E-state index in [-0.39, 0.29) is 18.7 Å². The van der Waals surface area contributed by atoms with Crippen LogP contribution < -0.4 is 10.2 Å². The van der Waals surface area contributed by atoms with Crippen LogP contribution in [0.5, 0.6) is 0 Å². The van der Waals surface area contributed by atoms with E-state index in [1.165, 1.54) is 0 Å². The molecule has 0 bridgehead atoms. The molecular weight excluding hydrogens is 509 g/mol. The fraction of sp³-hybridized carbons (Fsp3) is 0.333. The quantitative estimate of drug-likeness (QED) is 0.466. The van der Waals surface area contributed by atoms with Crippen LogP contribution in [0.25, 0.3) is 11.1 Å². The molecule has 0 radical (unpaired) electrons. The van der Waals surface area contributed by atoms with Crippen LogP contribution in [0.15, 0.2) is 48.7 Å². The van der Waals surface area contributed by atoms with Gasteiger partial charge in [-0.15, -0.1) is 0 Å². The number of pyridine rings is 1. The molecule has 3 aromatic rings. The van der Waals surface area contributed by atoms with Crippen molar-refractivity contribution in [3.8, 4) is 11.1 Å². The van der Waals surface area contributed by atoms with E-state index in [1.807, 2.05) is 24.0 Å². The van der Waals surface area contributed by atoms with Gasteiger partial charge < -0.3 is 20.1 Å². The number of halogens is 5. The van der Waals surface area contributed by atoms with Crippen molar-refractivity contribution in [1.29, 1.82) is 0 Å². The molecule has 0 aliphatic carbocycles. The maximum atomic E-state index is 15.5. The van der Waals surface area contributed by atoms with Gasteiger partial charge in [-0.2, -0.15) is 13.2 Å². The molecular formula is C27H24F5N3O3. The Bertz CT molecular complexity index is 1400. The highest BCUT2D eigenvalue weighted by Crippen LogP contribution is 2.42. The van der Waals surface area contributed by atoms with Crippen molar-refractivity contribution < 1.29 is 36.6 Å². The van der Waals surface area contributed by atoms with Crippen LogP contribution in [0.2, 0.25) is 0 Å². The normalized spacial score (nSPS) is 21.0. The molecule has 0 unspecified atom stereocenters. The van der Waals surface area contributed by atoms with Crippen LogP contribution in [0.1, 0.15) is 27.2 Å². The zero-order valence-electron chi connectivity index (χ0n) is 20.3. The monoisotopic (exact) mass is 533 g/mol. The standard InChI is InChI=1S/C27H24F5N3O3/c1-15-2-5-18(34-25(37)19-6-7-33-24(23(19)28)27(30,31)32)11-20(15)16-3-4-17-12-26(29,14-36)22-13-38-9-8-35(22)21(17)10-16/h2-7,10-11,22,36H,8-9,12-14H2,1H3,(H,34,37)/t22-,26-/m0/s1. The fourth-order valence-corrected chi connectivity index (χ4v) is 5.09. The number of aliphatic hydroxyl groups excluding tert-OH is 1. The number of nitrogens with one attached hydrogen (secondary N) is 1. The molecule has 3 heterocycles. The van der Waals surface area contributed by atoms with Crippen LogP contribution in [0.3, 0.4) is 0 Å². The lowest BCUT2D eigenvalue weighted by molar-refractivity contribution is -0.143. The number of carbonyl (C=O) groups excluding carboxylic acids is 1. The van der Waals surface area contributed by atoms with E-state index in [9.17, 15) is 27.5 Å². The number of benzene rings is 2. The first-order valence-electron chi connectivity index (χ1n) is 11.9. The molecule has 2 aromatic carbocycles. The highest BCUT2D eigenvalue weighted by Gasteiger charge is 2.48. The Morgan fingerprint density at radius 2 is 2.03 bits per heavy atom. The third-order valence-electron chi connectivity index (χ3n) is 7.08. The highest BCUT2D eigenvalue weighted by atomic mass is 19.4. The lowest BCUT2D eigenvalue weighted by Crippen LogP contribution is -2.62. The van der Waals surface area contributed by atoms with Crippen LogP contribution >= 0.6 is 0 Å². The van der Waals surface area contributed by atoms with E-state index in [0.717, 1.165) is 40.2 Å². The number of amides is 1. The number of nitrogens with zero attached hydrogens (tertiary/aromatic N) is 2. The Morgan fingerprint density at radius 1 is 1.24 bits per heavy atom. The van der Waals surface area contributed by atoms with E-state index in [0.29, 0.717) is 13.2 Å². The molecule has 38 heavy (non-hydrogen) atoms. The SMILES string of the molecule is Cc1ccc(NC(=O)c2ccnc(C(F)(F)F)c2F)cc1-c1ccc2c(c1)N1CCOC[C@H]1[C@@](F)(CO)C2. The number of hydrogen-bond donors (Lipinski definition) is 2. The number of aromatic nitrogens is 1. The van der Waals surface area contributed by atoms with Crippen molar-refractivity contribution in [2.75, 3.05) is 36.6 Å². The average Bonchev–Trinajstić information content (AvgIpc) is 2.89. The first-order valence-corrected chi connectivity index (χ1v) is 11.9. The summed E-state index contributed by atoms with van der Waals surface area (Å²) >= 11 is 0. The molecule has 11 heteroatoms. The zero-order chi connectivity index (χ0) is 27.2. The van der Waals surface area contributed by atoms with E-state index in [1.54, 1.807) is 24.3 Å². The predicted octanol–water partition coefficient (Wildman–Crippen LogP) is 4.93. The second kappa shape index (κ2) is 9.63. The van der Waals surface area contributed by atoms with Crippen molar-refractivity contribution in [2.24, 2.45) is 0 Å². The third-order valence-corrected chi connectivity index (χ3v) is 7.08.